The molecule has 3 aromatic carbocycles. The fraction of sp³-hybridized carbons (Fsp3) is 0.214. The van der Waals surface area contributed by atoms with Crippen LogP contribution in [-0.4, -0.2) is 32.0 Å². The van der Waals surface area contributed by atoms with E-state index in [9.17, 15) is 9.59 Å². The summed E-state index contributed by atoms with van der Waals surface area (Å²) in [5.41, 5.74) is 4.73. The van der Waals surface area contributed by atoms with Crippen LogP contribution < -0.4 is 19.9 Å². The minimum atomic E-state index is -0.370. The van der Waals surface area contributed by atoms with Crippen LogP contribution in [0.25, 0.3) is 5.57 Å². The largest absolute Gasteiger partial charge is 0.497 e. The number of aryl methyl sites for hydroxylation is 1. The number of benzene rings is 3. The van der Waals surface area contributed by atoms with Gasteiger partial charge in [-0.15, -0.1) is 0 Å². The van der Waals surface area contributed by atoms with Gasteiger partial charge < -0.3 is 15.0 Å². The Hall–Kier alpha value is -4.06. The molecule has 5 rings (SSSR count). The van der Waals surface area contributed by atoms with Crippen LogP contribution >= 0.6 is 0 Å². The Labute approximate surface area is 199 Å². The van der Waals surface area contributed by atoms with Crippen molar-refractivity contribution in [3.8, 4) is 5.75 Å². The number of anilines is 3. The second-order valence-electron chi connectivity index (χ2n) is 8.63. The third kappa shape index (κ3) is 4.03. The van der Waals surface area contributed by atoms with Crippen LogP contribution in [0.4, 0.5) is 17.1 Å². The third-order valence-corrected chi connectivity index (χ3v) is 6.33. The Bertz CT molecular complexity index is 1260. The summed E-state index contributed by atoms with van der Waals surface area (Å²) in [6, 6.07) is 22.6. The van der Waals surface area contributed by atoms with Crippen molar-refractivity contribution in [1.82, 2.24) is 0 Å². The molecule has 2 amide bonds. The maximum Gasteiger partial charge on any atom is 0.282 e. The van der Waals surface area contributed by atoms with Gasteiger partial charge in [0.1, 0.15) is 11.4 Å². The first-order chi connectivity index (χ1) is 16.5. The average molecular weight is 454 g/mol. The Morgan fingerprint density at radius 1 is 0.824 bits per heavy atom. The molecule has 34 heavy (non-hydrogen) atoms. The van der Waals surface area contributed by atoms with Crippen LogP contribution in [0.1, 0.15) is 24.0 Å². The lowest BCUT2D eigenvalue weighted by Crippen LogP contribution is -2.32. The normalized spacial score (nSPS) is 15.9. The van der Waals surface area contributed by atoms with E-state index >= 15 is 0 Å². The number of amides is 2. The molecule has 0 radical (unpaired) electrons. The molecule has 1 saturated heterocycles. The van der Waals surface area contributed by atoms with E-state index in [0.29, 0.717) is 22.6 Å². The molecule has 0 bridgehead atoms. The van der Waals surface area contributed by atoms with Gasteiger partial charge in [-0.3, -0.25) is 9.59 Å². The van der Waals surface area contributed by atoms with Crippen molar-refractivity contribution in [2.45, 2.75) is 19.8 Å². The van der Waals surface area contributed by atoms with E-state index in [4.69, 9.17) is 4.74 Å². The van der Waals surface area contributed by atoms with Gasteiger partial charge in [-0.2, -0.15) is 0 Å². The number of hydrogen-bond acceptors (Lipinski definition) is 5. The van der Waals surface area contributed by atoms with Crippen molar-refractivity contribution < 1.29 is 14.3 Å². The topological polar surface area (TPSA) is 61.9 Å². The zero-order valence-electron chi connectivity index (χ0n) is 19.4. The van der Waals surface area contributed by atoms with E-state index in [-0.39, 0.29) is 17.5 Å². The molecule has 0 saturated carbocycles. The van der Waals surface area contributed by atoms with Gasteiger partial charge in [-0.05, 0) is 79.4 Å². The SMILES string of the molecule is COc1ccc(C2=C(Nc3ccc(N4CCCC4)cc3)C(=O)N(c3cccc(C)c3)C2=O)cc1. The molecule has 1 N–H and O–H groups in total. The van der Waals surface area contributed by atoms with Gasteiger partial charge in [0.2, 0.25) is 0 Å². The molecule has 6 heteroatoms. The molecular weight excluding hydrogens is 426 g/mol. The number of rotatable bonds is 6. The number of nitrogens with zero attached hydrogens (tertiary/aromatic N) is 2. The average Bonchev–Trinajstić information content (AvgIpc) is 3.47. The Kier molecular flexibility index (Phi) is 5.80. The zero-order valence-corrected chi connectivity index (χ0v) is 19.4. The number of carbonyl (C=O) groups excluding carboxylic acids is 2. The van der Waals surface area contributed by atoms with Gasteiger partial charge in [0, 0.05) is 24.5 Å². The maximum atomic E-state index is 13.6. The lowest BCUT2D eigenvalue weighted by molar-refractivity contribution is -0.120. The first-order valence-electron chi connectivity index (χ1n) is 11.5. The quantitative estimate of drug-likeness (QED) is 0.532. The molecule has 172 valence electrons. The number of nitrogens with one attached hydrogen (secondary N) is 1. The van der Waals surface area contributed by atoms with Gasteiger partial charge in [-0.25, -0.2) is 4.90 Å². The van der Waals surface area contributed by atoms with Gasteiger partial charge in [0.15, 0.2) is 0 Å². The smallest absolute Gasteiger partial charge is 0.282 e. The van der Waals surface area contributed by atoms with E-state index in [1.54, 1.807) is 37.4 Å². The summed E-state index contributed by atoms with van der Waals surface area (Å²) in [6.45, 7) is 4.07. The molecule has 0 spiro atoms. The molecule has 0 atom stereocenters. The number of carbonyl (C=O) groups is 2. The predicted molar refractivity (Wildman–Crippen MR) is 135 cm³/mol. The fourth-order valence-corrected chi connectivity index (χ4v) is 4.55. The van der Waals surface area contributed by atoms with Crippen molar-refractivity contribution in [2.24, 2.45) is 0 Å². The van der Waals surface area contributed by atoms with Crippen molar-refractivity contribution in [2.75, 3.05) is 35.3 Å². The van der Waals surface area contributed by atoms with Crippen LogP contribution in [0.5, 0.6) is 5.75 Å². The molecule has 0 aliphatic carbocycles. The minimum absolute atomic E-state index is 0.269. The fourth-order valence-electron chi connectivity index (χ4n) is 4.55. The van der Waals surface area contributed by atoms with E-state index in [1.807, 2.05) is 37.3 Å². The lowest BCUT2D eigenvalue weighted by Gasteiger charge is -2.18. The van der Waals surface area contributed by atoms with Crippen LogP contribution in [0.15, 0.2) is 78.5 Å². The monoisotopic (exact) mass is 453 g/mol. The van der Waals surface area contributed by atoms with Gasteiger partial charge in [-0.1, -0.05) is 24.3 Å². The van der Waals surface area contributed by atoms with Crippen molar-refractivity contribution in [3.63, 3.8) is 0 Å². The first-order valence-corrected chi connectivity index (χ1v) is 11.5. The predicted octanol–water partition coefficient (Wildman–Crippen LogP) is 5.00. The summed E-state index contributed by atoms with van der Waals surface area (Å²) in [7, 11) is 1.59. The zero-order chi connectivity index (χ0) is 23.7. The minimum Gasteiger partial charge on any atom is -0.497 e. The van der Waals surface area contributed by atoms with Crippen molar-refractivity contribution in [1.29, 1.82) is 0 Å². The van der Waals surface area contributed by atoms with Crippen LogP contribution in [0.2, 0.25) is 0 Å². The standard InChI is InChI=1S/C28H27N3O3/c1-19-6-5-7-23(18-19)31-27(32)25(20-8-14-24(34-2)15-9-20)26(28(31)33)29-21-10-12-22(13-11-21)30-16-3-4-17-30/h5-15,18,29H,3-4,16-17H2,1-2H3. The highest BCUT2D eigenvalue weighted by atomic mass is 16.5. The highest BCUT2D eigenvalue weighted by Gasteiger charge is 2.40. The molecule has 1 fully saturated rings. The van der Waals surface area contributed by atoms with Gasteiger partial charge >= 0.3 is 0 Å². The van der Waals surface area contributed by atoms with Crippen LogP contribution in [0.3, 0.4) is 0 Å². The van der Waals surface area contributed by atoms with Crippen LogP contribution in [-0.2, 0) is 9.59 Å². The second kappa shape index (κ2) is 9.06. The third-order valence-electron chi connectivity index (χ3n) is 6.33. The molecule has 2 aliphatic heterocycles. The molecule has 0 unspecified atom stereocenters. The Balaban J connectivity index is 1.52. The highest BCUT2D eigenvalue weighted by molar-refractivity contribution is 6.46. The van der Waals surface area contributed by atoms with E-state index in [1.165, 1.54) is 23.4 Å². The first kappa shape index (κ1) is 21.8. The van der Waals surface area contributed by atoms with Crippen molar-refractivity contribution >= 4 is 34.4 Å². The maximum absolute atomic E-state index is 13.6. The Morgan fingerprint density at radius 2 is 1.53 bits per heavy atom. The number of imide groups is 1. The molecular formula is C28H27N3O3. The second-order valence-corrected chi connectivity index (χ2v) is 8.63. The summed E-state index contributed by atoms with van der Waals surface area (Å²) < 4.78 is 5.26. The number of methoxy groups -OCH3 is 1. The lowest BCUT2D eigenvalue weighted by atomic mass is 10.0. The number of ether oxygens (including phenoxy) is 1. The number of hydrogen-bond donors (Lipinski definition) is 1. The van der Waals surface area contributed by atoms with E-state index in [2.05, 4.69) is 22.3 Å². The summed E-state index contributed by atoms with van der Waals surface area (Å²) in [6.07, 6.45) is 2.42. The summed E-state index contributed by atoms with van der Waals surface area (Å²) in [5.74, 6) is -0.0364. The van der Waals surface area contributed by atoms with Crippen LogP contribution in [0, 0.1) is 6.92 Å². The Morgan fingerprint density at radius 3 is 2.18 bits per heavy atom. The summed E-state index contributed by atoms with van der Waals surface area (Å²) in [4.78, 5) is 30.7. The molecule has 0 aromatic heterocycles. The van der Waals surface area contributed by atoms with Gasteiger partial charge in [0.25, 0.3) is 11.8 Å². The van der Waals surface area contributed by atoms with Crippen molar-refractivity contribution in [3.05, 3.63) is 89.6 Å². The molecule has 6 nitrogen and oxygen atoms in total. The summed E-state index contributed by atoms with van der Waals surface area (Å²) >= 11 is 0. The summed E-state index contributed by atoms with van der Waals surface area (Å²) in [5, 5.41) is 3.25. The van der Waals surface area contributed by atoms with Gasteiger partial charge in [0.05, 0.1) is 18.4 Å². The molecule has 3 aromatic rings. The molecule has 2 heterocycles. The molecule has 2 aliphatic rings. The van der Waals surface area contributed by atoms with E-state index < -0.39 is 0 Å². The van der Waals surface area contributed by atoms with E-state index in [0.717, 1.165) is 24.3 Å². The highest BCUT2D eigenvalue weighted by Crippen LogP contribution is 2.35.